The summed E-state index contributed by atoms with van der Waals surface area (Å²) in [6.45, 7) is 0. The van der Waals surface area contributed by atoms with Crippen LogP contribution in [0.5, 0.6) is 0 Å². The minimum absolute atomic E-state index is 0. The molecule has 1 radical (unpaired) electrons. The van der Waals surface area contributed by atoms with Crippen molar-refractivity contribution in [1.29, 1.82) is 0 Å². The van der Waals surface area contributed by atoms with Crippen molar-refractivity contribution in [3.63, 3.8) is 0 Å². The molecule has 2 aliphatic rings. The summed E-state index contributed by atoms with van der Waals surface area (Å²) in [6.07, 6.45) is 0. The Hall–Kier alpha value is -4.64. The van der Waals surface area contributed by atoms with Gasteiger partial charge in [-0.25, -0.2) is 29.9 Å². The normalized spacial score (nSPS) is 12.6. The second-order valence-electron chi connectivity index (χ2n) is 13.1. The minimum Gasteiger partial charge on any atom is -0.324 e. The third-order valence-electron chi connectivity index (χ3n) is 8.47. The Balaban J connectivity index is 0.000000287. The fourth-order valence-electron chi connectivity index (χ4n) is 5.59. The first-order valence-corrected chi connectivity index (χ1v) is 34.7. The Morgan fingerprint density at radius 3 is 0.603 bits per heavy atom. The molecular weight excluding hydrogens is 1280 g/mol. The summed E-state index contributed by atoms with van der Waals surface area (Å²) < 4.78 is 183. The Bertz CT molecular complexity index is 3800. The molecule has 2 aliphatic heterocycles. The smallest absolute Gasteiger partial charge is 0.324 e. The summed E-state index contributed by atoms with van der Waals surface area (Å²) >= 11 is 0. The van der Waals surface area contributed by atoms with E-state index in [1.165, 1.54) is 0 Å². The van der Waals surface area contributed by atoms with Gasteiger partial charge >= 0.3 is 68.9 Å². The van der Waals surface area contributed by atoms with E-state index in [0.717, 1.165) is 43.8 Å². The van der Waals surface area contributed by atoms with Gasteiger partial charge in [0.1, 0.15) is 22.6 Å². The van der Waals surface area contributed by atoms with Crippen molar-refractivity contribution in [2.24, 2.45) is 0 Å². The molecule has 0 saturated heterocycles. The molecule has 397 valence electrons. The van der Waals surface area contributed by atoms with Crippen LogP contribution in [0.2, 0.25) is 0 Å². The molecule has 7 aromatic rings. The molecule has 8 bridgehead atoms. The SMILES string of the molecule is O=S(=O)(O)S(=O)(=O)Cl.O=S(=O)(O)S(=O)(=O)Cl.O=S(=O)(O)S(=O)(=O)Cl.O=S(=O)(O)S(=O)(=O)Cl.[Cu].c1ccc2c(c1)-c1nc-2nc2[nH]c(nc3nc(nc4[nH]c(n1)c1ccccc41)-c1ccccc1-3)c1ccccc21. The number of hydrogen-bond acceptors (Lipinski definition) is 22. The second kappa shape index (κ2) is 22.3. The van der Waals surface area contributed by atoms with Crippen molar-refractivity contribution in [3.05, 3.63) is 97.1 Å². The molecule has 6 N–H and O–H groups in total. The molecular formula is C32H22Cl4CuN8O20S8. The summed E-state index contributed by atoms with van der Waals surface area (Å²) in [5, 5.41) is 3.82. The van der Waals surface area contributed by atoms with E-state index in [1.807, 2.05) is 97.1 Å². The van der Waals surface area contributed by atoms with Crippen molar-refractivity contribution >= 4 is 156 Å². The fraction of sp³-hybridized carbons (Fsp3) is 0. The summed E-state index contributed by atoms with van der Waals surface area (Å²) in [5.74, 6) is 2.39. The average Bonchev–Trinajstić information content (AvgIpc) is 3.98. The predicted molar refractivity (Wildman–Crippen MR) is 261 cm³/mol. The number of halogens is 4. The van der Waals surface area contributed by atoms with E-state index in [4.69, 9.17) is 48.1 Å². The van der Waals surface area contributed by atoms with Crippen molar-refractivity contribution in [2.45, 2.75) is 0 Å². The maximum absolute atomic E-state index is 9.58. The Kier molecular flexibility index (Phi) is 18.6. The molecule has 0 amide bonds. The van der Waals surface area contributed by atoms with Gasteiger partial charge < -0.3 is 9.97 Å². The maximum atomic E-state index is 9.58. The molecule has 5 heterocycles. The number of hydrogen-bond donors (Lipinski definition) is 6. The first-order chi connectivity index (χ1) is 32.8. The fourth-order valence-corrected chi connectivity index (χ4v) is 5.59. The summed E-state index contributed by atoms with van der Waals surface area (Å²) in [7, 11) is -23.2. The van der Waals surface area contributed by atoms with Crippen LogP contribution >= 0.6 is 42.7 Å². The quantitative estimate of drug-likeness (QED) is 0.0619. The predicted octanol–water partition coefficient (Wildman–Crippen LogP) is 4.30. The number of aromatic nitrogens is 8. The summed E-state index contributed by atoms with van der Waals surface area (Å²) in [5.41, 5.74) is 6.45. The number of benzene rings is 4. The molecule has 4 aromatic carbocycles. The van der Waals surface area contributed by atoms with E-state index in [0.29, 0.717) is 45.9 Å². The van der Waals surface area contributed by atoms with E-state index in [-0.39, 0.29) is 17.1 Å². The number of aromatic amines is 2. The van der Waals surface area contributed by atoms with Gasteiger partial charge in [0.2, 0.25) is 0 Å². The van der Waals surface area contributed by atoms with Gasteiger partial charge in [-0.2, -0.15) is 67.3 Å². The van der Waals surface area contributed by atoms with Crippen LogP contribution in [-0.2, 0) is 86.0 Å². The van der Waals surface area contributed by atoms with Crippen LogP contribution in [-0.4, -0.2) is 125 Å². The van der Waals surface area contributed by atoms with Gasteiger partial charge in [0.05, 0.1) is 0 Å². The van der Waals surface area contributed by atoms with Crippen LogP contribution in [0.25, 0.3) is 89.7 Å². The zero-order valence-corrected chi connectivity index (χ0v) is 44.8. The Morgan fingerprint density at radius 1 is 0.301 bits per heavy atom. The van der Waals surface area contributed by atoms with Gasteiger partial charge in [0.15, 0.2) is 23.3 Å². The van der Waals surface area contributed by atoms with Crippen LogP contribution in [0.3, 0.4) is 0 Å². The van der Waals surface area contributed by atoms with Crippen LogP contribution < -0.4 is 0 Å². The molecule has 3 aromatic heterocycles. The van der Waals surface area contributed by atoms with E-state index >= 15 is 0 Å². The van der Waals surface area contributed by atoms with Crippen molar-refractivity contribution in [1.82, 2.24) is 39.9 Å². The zero-order valence-electron chi connectivity index (χ0n) is 34.3. The topological polar surface area (TPSA) is 463 Å². The third-order valence-corrected chi connectivity index (χ3v) is 22.2. The van der Waals surface area contributed by atoms with Gasteiger partial charge in [-0.1, -0.05) is 97.1 Å². The molecule has 9 rings (SSSR count). The Labute approximate surface area is 437 Å². The number of nitrogens with one attached hydrogen (secondary N) is 2. The van der Waals surface area contributed by atoms with Crippen molar-refractivity contribution < 1.29 is 103 Å². The van der Waals surface area contributed by atoms with Crippen molar-refractivity contribution in [2.75, 3.05) is 0 Å². The van der Waals surface area contributed by atoms with Crippen LogP contribution in [0, 0.1) is 0 Å². The van der Waals surface area contributed by atoms with Crippen LogP contribution in [0.15, 0.2) is 97.1 Å². The van der Waals surface area contributed by atoms with Crippen molar-refractivity contribution in [3.8, 4) is 45.6 Å². The summed E-state index contributed by atoms with van der Waals surface area (Å²) in [4.78, 5) is 36.8. The number of H-pyrrole nitrogens is 2. The first kappa shape index (κ1) is 60.9. The van der Waals surface area contributed by atoms with E-state index in [1.54, 1.807) is 0 Å². The van der Waals surface area contributed by atoms with Gasteiger partial charge in [-0.15, -0.1) is 0 Å². The second-order valence-corrected chi connectivity index (χ2v) is 37.0. The van der Waals surface area contributed by atoms with Crippen LogP contribution in [0.4, 0.5) is 0 Å². The van der Waals surface area contributed by atoms with Crippen LogP contribution in [0.1, 0.15) is 0 Å². The number of nitrogens with zero attached hydrogens (tertiary/aromatic N) is 6. The molecule has 0 atom stereocenters. The molecule has 0 unspecified atom stereocenters. The first-order valence-electron chi connectivity index (χ1n) is 17.7. The van der Waals surface area contributed by atoms with E-state index < -0.39 is 68.9 Å². The van der Waals surface area contributed by atoms with E-state index in [9.17, 15) is 67.3 Å². The monoisotopic (exact) mass is 1300 g/mol. The van der Waals surface area contributed by atoms with Gasteiger partial charge in [-0.3, -0.25) is 18.2 Å². The molecule has 0 spiro atoms. The van der Waals surface area contributed by atoms with E-state index in [2.05, 4.69) is 52.7 Å². The largest absolute Gasteiger partial charge is 0.386 e. The molecule has 0 saturated carbocycles. The van der Waals surface area contributed by atoms with Gasteiger partial charge in [0.25, 0.3) is 0 Å². The average molecular weight is 1300 g/mol. The van der Waals surface area contributed by atoms with Gasteiger partial charge in [-0.05, 0) is 0 Å². The Morgan fingerprint density at radius 2 is 0.452 bits per heavy atom. The minimum atomic E-state index is -5.10. The zero-order chi connectivity index (χ0) is 54.2. The third kappa shape index (κ3) is 14.8. The maximum Gasteiger partial charge on any atom is 0.386 e. The summed E-state index contributed by atoms with van der Waals surface area (Å²) in [6, 6.07) is 32.2. The number of fused-ring (bicyclic) bond motifs is 20. The standard InChI is InChI=1S/C32H18N8.4ClHO5S2.Cu/c1-2-10-18-17(9-1)25-33-26(18)38-28-21-13-5-6-14-22(21)30(35-28)40-32-24-16-8-7-15-23(24)31(36-32)39-29-20-12-4-3-11-19(20)27(34-29)37-25;4*1-7(2,3)8(4,5)6;/h1-16H,(H2,33,34,35,36,37,38,39,40);4*(H,4,5,6);. The number of rotatable bonds is 4. The molecule has 73 heavy (non-hydrogen) atoms. The molecule has 41 heteroatoms. The molecule has 0 fully saturated rings. The van der Waals surface area contributed by atoms with Gasteiger partial charge in [0, 0.05) is 104 Å². The molecule has 28 nitrogen and oxygen atoms in total. The molecule has 0 aliphatic carbocycles.